The molecule has 23 heavy (non-hydrogen) atoms. The van der Waals surface area contributed by atoms with Gasteiger partial charge in [0, 0.05) is 19.5 Å². The third-order valence-electron chi connectivity index (χ3n) is 3.45. The highest BCUT2D eigenvalue weighted by molar-refractivity contribution is 7.88. The third-order valence-corrected chi connectivity index (χ3v) is 4.75. The topological polar surface area (TPSA) is 75.7 Å². The number of nitrogens with one attached hydrogen (secondary N) is 1. The predicted octanol–water partition coefficient (Wildman–Crippen LogP) is 2.48. The molecule has 6 nitrogen and oxygen atoms in total. The first kappa shape index (κ1) is 19.4. The lowest BCUT2D eigenvalue weighted by Crippen LogP contribution is -2.33. The first-order valence-corrected chi connectivity index (χ1v) is 9.61. The van der Waals surface area contributed by atoms with Crippen molar-refractivity contribution in [1.82, 2.24) is 4.31 Å². The van der Waals surface area contributed by atoms with Gasteiger partial charge in [0.05, 0.1) is 19.1 Å². The molecule has 0 aliphatic carbocycles. The van der Waals surface area contributed by atoms with E-state index in [1.165, 1.54) is 17.7 Å². The van der Waals surface area contributed by atoms with Crippen LogP contribution in [-0.2, 0) is 14.8 Å². The minimum atomic E-state index is -3.30. The number of para-hydroxylation sites is 2. The van der Waals surface area contributed by atoms with Gasteiger partial charge in [-0.3, -0.25) is 4.79 Å². The zero-order valence-corrected chi connectivity index (χ0v) is 14.9. The Labute approximate surface area is 138 Å². The van der Waals surface area contributed by atoms with Crippen LogP contribution in [-0.4, -0.2) is 45.1 Å². The summed E-state index contributed by atoms with van der Waals surface area (Å²) in [5.74, 6) is 0.336. The number of ether oxygens (including phenoxy) is 1. The van der Waals surface area contributed by atoms with Gasteiger partial charge in [-0.15, -0.1) is 0 Å². The molecular formula is C16H26N2O4S. The highest BCUT2D eigenvalue weighted by atomic mass is 32.2. The fourth-order valence-electron chi connectivity index (χ4n) is 2.17. The van der Waals surface area contributed by atoms with Crippen LogP contribution in [0, 0.1) is 0 Å². The van der Waals surface area contributed by atoms with Crippen molar-refractivity contribution in [1.29, 1.82) is 0 Å². The van der Waals surface area contributed by atoms with Gasteiger partial charge in [0.25, 0.3) is 0 Å². The summed E-state index contributed by atoms with van der Waals surface area (Å²) in [6.07, 6.45) is 4.08. The fourth-order valence-corrected chi connectivity index (χ4v) is 3.05. The Morgan fingerprint density at radius 1 is 1.22 bits per heavy atom. The molecule has 0 radical (unpaired) electrons. The molecule has 1 aromatic rings. The van der Waals surface area contributed by atoms with E-state index in [9.17, 15) is 13.2 Å². The lowest BCUT2D eigenvalue weighted by atomic mass is 10.2. The van der Waals surface area contributed by atoms with E-state index in [0.717, 1.165) is 19.3 Å². The number of rotatable bonds is 10. The summed E-state index contributed by atoms with van der Waals surface area (Å²) in [6, 6.07) is 7.11. The normalized spacial score (nSPS) is 11.5. The SMILES string of the molecule is CCCCCN(CCC(=O)Nc1ccccc1OC)S(C)(=O)=O. The molecule has 0 spiro atoms. The number of amides is 1. The molecule has 0 fully saturated rings. The number of carbonyl (C=O) groups is 1. The summed E-state index contributed by atoms with van der Waals surface area (Å²) >= 11 is 0. The van der Waals surface area contributed by atoms with E-state index in [2.05, 4.69) is 12.2 Å². The molecule has 130 valence electrons. The van der Waals surface area contributed by atoms with Crippen molar-refractivity contribution in [2.75, 3.05) is 31.8 Å². The van der Waals surface area contributed by atoms with E-state index < -0.39 is 10.0 Å². The van der Waals surface area contributed by atoms with Gasteiger partial charge in [-0.1, -0.05) is 31.9 Å². The quantitative estimate of drug-likeness (QED) is 0.663. The molecule has 0 aromatic heterocycles. The van der Waals surface area contributed by atoms with E-state index in [0.29, 0.717) is 18.0 Å². The number of sulfonamides is 1. The van der Waals surface area contributed by atoms with Crippen LogP contribution in [0.25, 0.3) is 0 Å². The maximum absolute atomic E-state index is 12.1. The van der Waals surface area contributed by atoms with Gasteiger partial charge in [0.1, 0.15) is 5.75 Å². The van der Waals surface area contributed by atoms with Crippen LogP contribution in [0.4, 0.5) is 5.69 Å². The Kier molecular flexibility index (Phi) is 8.05. The van der Waals surface area contributed by atoms with Crippen molar-refractivity contribution < 1.29 is 17.9 Å². The maximum Gasteiger partial charge on any atom is 0.225 e. The minimum Gasteiger partial charge on any atom is -0.495 e. The summed E-state index contributed by atoms with van der Waals surface area (Å²) in [5, 5.41) is 2.75. The Morgan fingerprint density at radius 2 is 1.91 bits per heavy atom. The molecular weight excluding hydrogens is 316 g/mol. The molecule has 0 unspecified atom stereocenters. The summed E-state index contributed by atoms with van der Waals surface area (Å²) in [5.41, 5.74) is 0.580. The van der Waals surface area contributed by atoms with Gasteiger partial charge >= 0.3 is 0 Å². The molecule has 1 aromatic carbocycles. The minimum absolute atomic E-state index is 0.108. The number of methoxy groups -OCH3 is 1. The Morgan fingerprint density at radius 3 is 2.52 bits per heavy atom. The highest BCUT2D eigenvalue weighted by Gasteiger charge is 2.17. The van der Waals surface area contributed by atoms with Crippen LogP contribution in [0.1, 0.15) is 32.6 Å². The summed E-state index contributed by atoms with van der Waals surface area (Å²) < 4.78 is 30.1. The van der Waals surface area contributed by atoms with Crippen molar-refractivity contribution in [2.24, 2.45) is 0 Å². The lowest BCUT2D eigenvalue weighted by molar-refractivity contribution is -0.116. The zero-order chi connectivity index (χ0) is 17.3. The molecule has 0 saturated carbocycles. The second-order valence-corrected chi connectivity index (χ2v) is 7.35. The molecule has 1 rings (SSSR count). The average molecular weight is 342 g/mol. The van der Waals surface area contributed by atoms with Gasteiger partial charge in [-0.25, -0.2) is 12.7 Å². The van der Waals surface area contributed by atoms with Crippen LogP contribution in [0.5, 0.6) is 5.75 Å². The van der Waals surface area contributed by atoms with E-state index in [1.54, 1.807) is 18.2 Å². The van der Waals surface area contributed by atoms with E-state index in [4.69, 9.17) is 4.74 Å². The largest absolute Gasteiger partial charge is 0.495 e. The van der Waals surface area contributed by atoms with Crippen molar-refractivity contribution in [3.63, 3.8) is 0 Å². The predicted molar refractivity (Wildman–Crippen MR) is 92.2 cm³/mol. The monoisotopic (exact) mass is 342 g/mol. The van der Waals surface area contributed by atoms with E-state index in [1.807, 2.05) is 6.07 Å². The van der Waals surface area contributed by atoms with Gasteiger partial charge < -0.3 is 10.1 Å². The average Bonchev–Trinajstić information content (AvgIpc) is 2.50. The maximum atomic E-state index is 12.1. The lowest BCUT2D eigenvalue weighted by Gasteiger charge is -2.19. The number of nitrogens with zero attached hydrogens (tertiary/aromatic N) is 1. The van der Waals surface area contributed by atoms with Crippen LogP contribution in [0.15, 0.2) is 24.3 Å². The third kappa shape index (κ3) is 7.00. The van der Waals surface area contributed by atoms with Crippen LogP contribution >= 0.6 is 0 Å². The van der Waals surface area contributed by atoms with Gasteiger partial charge in [0.15, 0.2) is 0 Å². The molecule has 7 heteroatoms. The molecule has 0 atom stereocenters. The number of unbranched alkanes of at least 4 members (excludes halogenated alkanes) is 2. The fraction of sp³-hybridized carbons (Fsp3) is 0.562. The van der Waals surface area contributed by atoms with Crippen molar-refractivity contribution in [3.8, 4) is 5.75 Å². The van der Waals surface area contributed by atoms with Gasteiger partial charge in [-0.05, 0) is 18.6 Å². The second kappa shape index (κ2) is 9.52. The molecule has 1 N–H and O–H groups in total. The standard InChI is InChI=1S/C16H26N2O4S/c1-4-5-8-12-18(23(3,20)21)13-11-16(19)17-14-9-6-7-10-15(14)22-2/h6-7,9-10H,4-5,8,11-13H2,1-3H3,(H,17,19). The smallest absolute Gasteiger partial charge is 0.225 e. The first-order chi connectivity index (χ1) is 10.9. The molecule has 0 bridgehead atoms. The Balaban J connectivity index is 2.58. The second-order valence-electron chi connectivity index (χ2n) is 5.37. The summed E-state index contributed by atoms with van der Waals surface area (Å²) in [4.78, 5) is 12.1. The number of anilines is 1. The van der Waals surface area contributed by atoms with Gasteiger partial charge in [-0.2, -0.15) is 0 Å². The number of carbonyl (C=O) groups excluding carboxylic acids is 1. The molecule has 1 amide bonds. The summed E-state index contributed by atoms with van der Waals surface area (Å²) in [6.45, 7) is 2.70. The molecule has 0 aliphatic rings. The highest BCUT2D eigenvalue weighted by Crippen LogP contribution is 2.23. The van der Waals surface area contributed by atoms with Crippen molar-refractivity contribution in [2.45, 2.75) is 32.6 Å². The number of hydrogen-bond donors (Lipinski definition) is 1. The first-order valence-electron chi connectivity index (χ1n) is 7.76. The van der Waals surface area contributed by atoms with Gasteiger partial charge in [0.2, 0.25) is 15.9 Å². The van der Waals surface area contributed by atoms with Crippen LogP contribution in [0.2, 0.25) is 0 Å². The van der Waals surface area contributed by atoms with Crippen LogP contribution < -0.4 is 10.1 Å². The number of hydrogen-bond acceptors (Lipinski definition) is 4. The van der Waals surface area contributed by atoms with Crippen LogP contribution in [0.3, 0.4) is 0 Å². The van der Waals surface area contributed by atoms with Crippen molar-refractivity contribution in [3.05, 3.63) is 24.3 Å². The molecule has 0 saturated heterocycles. The zero-order valence-electron chi connectivity index (χ0n) is 14.0. The van der Waals surface area contributed by atoms with E-state index >= 15 is 0 Å². The molecule has 0 heterocycles. The molecule has 0 aliphatic heterocycles. The van der Waals surface area contributed by atoms with E-state index in [-0.39, 0.29) is 18.9 Å². The summed E-state index contributed by atoms with van der Waals surface area (Å²) in [7, 11) is -1.77. The number of benzene rings is 1. The van der Waals surface area contributed by atoms with Crippen molar-refractivity contribution >= 4 is 21.6 Å². The Bertz CT molecular complexity index is 602. The Hall–Kier alpha value is -1.60.